The van der Waals surface area contributed by atoms with Gasteiger partial charge in [0.2, 0.25) is 0 Å². The van der Waals surface area contributed by atoms with Gasteiger partial charge in [-0.25, -0.2) is 9.78 Å². The lowest BCUT2D eigenvalue weighted by atomic mass is 9.89. The maximum atomic E-state index is 13.7. The molecule has 3 aromatic rings. The van der Waals surface area contributed by atoms with Crippen molar-refractivity contribution in [1.29, 1.82) is 0 Å². The number of aryl methyl sites for hydroxylation is 2. The number of imide groups is 1. The second-order valence-corrected chi connectivity index (χ2v) is 7.95. The number of imidazole rings is 1. The molecule has 2 aromatic carbocycles. The lowest BCUT2D eigenvalue weighted by Crippen LogP contribution is -2.41. The van der Waals surface area contributed by atoms with Crippen LogP contribution in [0, 0.1) is 0 Å². The molecule has 0 radical (unpaired) electrons. The Hall–Kier alpha value is -3.29. The molecule has 1 N–H and O–H groups in total. The van der Waals surface area contributed by atoms with E-state index in [4.69, 9.17) is 0 Å². The summed E-state index contributed by atoms with van der Waals surface area (Å²) in [5.74, 6) is -0.508. The number of nitrogens with zero attached hydrogens (tertiary/aromatic N) is 3. The highest BCUT2D eigenvalue weighted by Crippen LogP contribution is 2.34. The van der Waals surface area contributed by atoms with E-state index in [0.29, 0.717) is 11.1 Å². The summed E-state index contributed by atoms with van der Waals surface area (Å²) in [5.41, 5.74) is 2.56. The number of hydrogen-bond donors (Lipinski definition) is 1. The topological polar surface area (TPSA) is 67.2 Å². The first-order valence-corrected chi connectivity index (χ1v) is 9.89. The second kappa shape index (κ2) is 6.62. The summed E-state index contributed by atoms with van der Waals surface area (Å²) in [4.78, 5) is 31.1. The smallest absolute Gasteiger partial charge is 0.319 e. The van der Waals surface area contributed by atoms with E-state index in [-0.39, 0.29) is 17.9 Å². The molecule has 0 saturated carbocycles. The van der Waals surface area contributed by atoms with E-state index in [9.17, 15) is 18.4 Å². The lowest BCUT2D eigenvalue weighted by Gasteiger charge is -2.23. The highest BCUT2D eigenvalue weighted by Gasteiger charge is 2.49. The van der Waals surface area contributed by atoms with Crippen molar-refractivity contribution in [2.45, 2.75) is 44.8 Å². The quantitative estimate of drug-likeness (QED) is 0.664. The lowest BCUT2D eigenvalue weighted by molar-refractivity contribution is -0.131. The van der Waals surface area contributed by atoms with Gasteiger partial charge in [-0.1, -0.05) is 30.3 Å². The Morgan fingerprint density at radius 2 is 1.90 bits per heavy atom. The number of urea groups is 1. The number of rotatable bonds is 4. The Balaban J connectivity index is 1.50. The molecule has 1 atom stereocenters. The number of hydrogen-bond acceptors (Lipinski definition) is 3. The Kier molecular flexibility index (Phi) is 4.13. The minimum Gasteiger partial charge on any atom is -0.319 e. The summed E-state index contributed by atoms with van der Waals surface area (Å²) in [5, 5.41) is 2.75. The number of para-hydroxylation sites is 2. The first-order valence-electron chi connectivity index (χ1n) is 9.89. The number of alkyl halides is 2. The highest BCUT2D eigenvalue weighted by atomic mass is 19.3. The van der Waals surface area contributed by atoms with Gasteiger partial charge in [0.25, 0.3) is 5.91 Å². The minimum absolute atomic E-state index is 0.0343. The summed E-state index contributed by atoms with van der Waals surface area (Å²) in [6.45, 7) is -1.51. The molecule has 8 heteroatoms. The van der Waals surface area contributed by atoms with Gasteiger partial charge in [0.1, 0.15) is 11.4 Å². The zero-order chi connectivity index (χ0) is 21.0. The Bertz CT molecular complexity index is 1190. The number of benzene rings is 2. The molecule has 1 aliphatic carbocycles. The van der Waals surface area contributed by atoms with Crippen molar-refractivity contribution in [3.8, 4) is 0 Å². The van der Waals surface area contributed by atoms with E-state index >= 15 is 0 Å². The van der Waals surface area contributed by atoms with Crippen LogP contribution >= 0.6 is 0 Å². The fraction of sp³-hybridized carbons (Fsp3) is 0.318. The van der Waals surface area contributed by atoms with Crippen LogP contribution in [0.5, 0.6) is 0 Å². The van der Waals surface area contributed by atoms with Gasteiger partial charge in [-0.3, -0.25) is 14.3 Å². The summed E-state index contributed by atoms with van der Waals surface area (Å²) in [6.07, 6.45) is 3.04. The monoisotopic (exact) mass is 410 g/mol. The SMILES string of the molecule is C[C@@]1(c2ccc3c(c2)CCC3)NC(=O)N(Cc2nc3ccccc3n2C(F)F)C1=O. The van der Waals surface area contributed by atoms with Crippen LogP contribution in [-0.2, 0) is 29.7 Å². The third-order valence-corrected chi connectivity index (χ3v) is 6.11. The minimum atomic E-state index is -2.84. The number of fused-ring (bicyclic) bond motifs is 2. The van der Waals surface area contributed by atoms with Crippen molar-refractivity contribution >= 4 is 23.0 Å². The van der Waals surface area contributed by atoms with Gasteiger partial charge in [0, 0.05) is 0 Å². The fourth-order valence-electron chi connectivity index (χ4n) is 4.48. The Morgan fingerprint density at radius 1 is 1.13 bits per heavy atom. The van der Waals surface area contributed by atoms with Crippen molar-refractivity contribution in [3.63, 3.8) is 0 Å². The van der Waals surface area contributed by atoms with Crippen molar-refractivity contribution in [2.75, 3.05) is 0 Å². The molecular formula is C22H20F2N4O2. The van der Waals surface area contributed by atoms with Crippen LogP contribution in [0.3, 0.4) is 0 Å². The number of aromatic nitrogens is 2. The average Bonchev–Trinajstić information content (AvgIpc) is 3.39. The first-order chi connectivity index (χ1) is 14.4. The fourth-order valence-corrected chi connectivity index (χ4v) is 4.48. The van der Waals surface area contributed by atoms with Gasteiger partial charge in [-0.2, -0.15) is 8.78 Å². The third kappa shape index (κ3) is 2.70. The van der Waals surface area contributed by atoms with Crippen molar-refractivity contribution in [2.24, 2.45) is 0 Å². The molecule has 0 unspecified atom stereocenters. The van der Waals surface area contributed by atoms with E-state index < -0.39 is 24.0 Å². The summed E-state index contributed by atoms with van der Waals surface area (Å²) in [7, 11) is 0. The van der Waals surface area contributed by atoms with Crippen LogP contribution in [-0.4, -0.2) is 26.4 Å². The Morgan fingerprint density at radius 3 is 2.70 bits per heavy atom. The third-order valence-electron chi connectivity index (χ3n) is 6.11. The standard InChI is InChI=1S/C22H20F2N4O2/c1-22(15-10-9-13-5-4-6-14(13)11-15)19(29)27(21(30)26-22)12-18-25-16-7-2-3-8-17(16)28(18)20(23)24/h2-3,7-11,20H,4-6,12H2,1H3,(H,26,30)/t22-/m0/s1. The molecule has 5 rings (SSSR count). The average molecular weight is 410 g/mol. The van der Waals surface area contributed by atoms with Gasteiger partial charge in [-0.05, 0) is 55.0 Å². The van der Waals surface area contributed by atoms with Gasteiger partial charge in [-0.15, -0.1) is 0 Å². The van der Waals surface area contributed by atoms with Crippen molar-refractivity contribution in [3.05, 3.63) is 65.0 Å². The molecule has 0 bridgehead atoms. The second-order valence-electron chi connectivity index (χ2n) is 7.95. The Labute approximate surface area is 171 Å². The number of carbonyl (C=O) groups excluding carboxylic acids is 2. The zero-order valence-corrected chi connectivity index (χ0v) is 16.4. The summed E-state index contributed by atoms with van der Waals surface area (Å²) < 4.78 is 28.2. The van der Waals surface area contributed by atoms with Crippen LogP contribution in [0.2, 0.25) is 0 Å². The van der Waals surface area contributed by atoms with E-state index in [1.807, 2.05) is 18.2 Å². The van der Waals surface area contributed by atoms with Gasteiger partial charge >= 0.3 is 12.6 Å². The normalized spacial score (nSPS) is 21.0. The predicted octanol–water partition coefficient (Wildman–Crippen LogP) is 3.89. The van der Waals surface area contributed by atoms with Gasteiger partial charge in [0.15, 0.2) is 0 Å². The first kappa shape index (κ1) is 18.7. The van der Waals surface area contributed by atoms with E-state index in [2.05, 4.69) is 10.3 Å². The molecule has 0 spiro atoms. The van der Waals surface area contributed by atoms with Gasteiger partial charge < -0.3 is 5.32 Å². The van der Waals surface area contributed by atoms with Crippen LogP contribution in [0.4, 0.5) is 13.6 Å². The van der Waals surface area contributed by atoms with Crippen molar-refractivity contribution in [1.82, 2.24) is 19.8 Å². The highest BCUT2D eigenvalue weighted by molar-refractivity contribution is 6.07. The molecule has 1 fully saturated rings. The van der Waals surface area contributed by atoms with Crippen molar-refractivity contribution < 1.29 is 18.4 Å². The molecule has 154 valence electrons. The van der Waals surface area contributed by atoms with Gasteiger partial charge in [0.05, 0.1) is 17.6 Å². The summed E-state index contributed by atoms with van der Waals surface area (Å²) in [6, 6.07) is 11.7. The molecule has 1 aromatic heterocycles. The number of nitrogens with one attached hydrogen (secondary N) is 1. The molecule has 30 heavy (non-hydrogen) atoms. The van der Waals surface area contributed by atoms with E-state index in [1.54, 1.807) is 31.2 Å². The molecule has 2 heterocycles. The summed E-state index contributed by atoms with van der Waals surface area (Å²) >= 11 is 0. The largest absolute Gasteiger partial charge is 0.325 e. The number of halogens is 2. The molecule has 3 amide bonds. The van der Waals surface area contributed by atoms with Crippen LogP contribution < -0.4 is 5.32 Å². The van der Waals surface area contributed by atoms with E-state index in [0.717, 1.165) is 28.7 Å². The van der Waals surface area contributed by atoms with Crippen LogP contribution in [0.25, 0.3) is 11.0 Å². The van der Waals surface area contributed by atoms with Crippen LogP contribution in [0.1, 0.15) is 42.4 Å². The van der Waals surface area contributed by atoms with E-state index in [1.165, 1.54) is 11.1 Å². The number of carbonyl (C=O) groups is 2. The number of amides is 3. The van der Waals surface area contributed by atoms with Crippen LogP contribution in [0.15, 0.2) is 42.5 Å². The molecule has 2 aliphatic rings. The molecule has 6 nitrogen and oxygen atoms in total. The maximum absolute atomic E-state index is 13.7. The molecule has 1 saturated heterocycles. The molecular weight excluding hydrogens is 390 g/mol. The zero-order valence-electron chi connectivity index (χ0n) is 16.4. The maximum Gasteiger partial charge on any atom is 0.325 e. The molecule has 1 aliphatic heterocycles. The predicted molar refractivity (Wildman–Crippen MR) is 106 cm³/mol.